The Morgan fingerprint density at radius 1 is 1.62 bits per heavy atom. The van der Waals surface area contributed by atoms with Gasteiger partial charge in [0.2, 0.25) is 0 Å². The SMILES string of the molecule is Cn1nccc1S(=O)(=O)N1CCCC1CN. The molecule has 0 aliphatic carbocycles. The van der Waals surface area contributed by atoms with Crippen LogP contribution in [0.5, 0.6) is 0 Å². The summed E-state index contributed by atoms with van der Waals surface area (Å²) in [6.45, 7) is 0.923. The molecule has 1 saturated heterocycles. The summed E-state index contributed by atoms with van der Waals surface area (Å²) in [5.41, 5.74) is 5.58. The van der Waals surface area contributed by atoms with Crippen molar-refractivity contribution in [2.75, 3.05) is 13.1 Å². The van der Waals surface area contributed by atoms with Gasteiger partial charge in [-0.1, -0.05) is 0 Å². The van der Waals surface area contributed by atoms with Crippen LogP contribution in [0.1, 0.15) is 12.8 Å². The highest BCUT2D eigenvalue weighted by Crippen LogP contribution is 2.24. The van der Waals surface area contributed by atoms with E-state index in [1.807, 2.05) is 0 Å². The van der Waals surface area contributed by atoms with E-state index in [9.17, 15) is 8.42 Å². The molecule has 1 aliphatic heterocycles. The number of hydrogen-bond donors (Lipinski definition) is 1. The Bertz CT molecular complexity index is 468. The van der Waals surface area contributed by atoms with Crippen molar-refractivity contribution in [1.82, 2.24) is 14.1 Å². The quantitative estimate of drug-likeness (QED) is 0.779. The number of aryl methyl sites for hydroxylation is 1. The number of aromatic nitrogens is 2. The van der Waals surface area contributed by atoms with Gasteiger partial charge in [0.05, 0.1) is 6.20 Å². The molecule has 0 saturated carbocycles. The first-order valence-corrected chi connectivity index (χ1v) is 6.71. The lowest BCUT2D eigenvalue weighted by atomic mass is 10.2. The predicted octanol–water partition coefficient (Wildman–Crippen LogP) is -0.468. The predicted molar refractivity (Wildman–Crippen MR) is 59.2 cm³/mol. The minimum absolute atomic E-state index is 0.0695. The van der Waals surface area contributed by atoms with Crippen molar-refractivity contribution < 1.29 is 8.42 Å². The summed E-state index contributed by atoms with van der Waals surface area (Å²) in [6.07, 6.45) is 3.20. The van der Waals surface area contributed by atoms with E-state index in [0.717, 1.165) is 12.8 Å². The third kappa shape index (κ3) is 1.74. The lowest BCUT2D eigenvalue weighted by Gasteiger charge is -2.22. The summed E-state index contributed by atoms with van der Waals surface area (Å²) in [7, 11) is -1.81. The topological polar surface area (TPSA) is 81.2 Å². The van der Waals surface area contributed by atoms with Crippen molar-refractivity contribution in [3.8, 4) is 0 Å². The molecule has 2 N–H and O–H groups in total. The highest BCUT2D eigenvalue weighted by Gasteiger charge is 2.35. The molecule has 1 aromatic rings. The zero-order valence-electron chi connectivity index (χ0n) is 9.20. The number of hydrogen-bond acceptors (Lipinski definition) is 4. The van der Waals surface area contributed by atoms with Crippen molar-refractivity contribution in [2.45, 2.75) is 23.9 Å². The smallest absolute Gasteiger partial charge is 0.260 e. The largest absolute Gasteiger partial charge is 0.329 e. The average Bonchev–Trinajstić information content (AvgIpc) is 2.85. The van der Waals surface area contributed by atoms with E-state index in [1.54, 1.807) is 7.05 Å². The summed E-state index contributed by atoms with van der Waals surface area (Å²) in [6, 6.07) is 1.45. The molecule has 1 unspecified atom stereocenters. The summed E-state index contributed by atoms with van der Waals surface area (Å²) in [4.78, 5) is 0. The fourth-order valence-corrected chi connectivity index (χ4v) is 3.90. The molecule has 0 radical (unpaired) electrons. The molecule has 2 heterocycles. The molecular formula is C9H16N4O2S. The molecule has 1 aromatic heterocycles. The minimum Gasteiger partial charge on any atom is -0.329 e. The van der Waals surface area contributed by atoms with Crippen molar-refractivity contribution in [3.05, 3.63) is 12.3 Å². The van der Waals surface area contributed by atoms with Crippen LogP contribution in [-0.2, 0) is 17.1 Å². The molecular weight excluding hydrogens is 228 g/mol. The number of nitrogens with zero attached hydrogens (tertiary/aromatic N) is 3. The van der Waals surface area contributed by atoms with E-state index >= 15 is 0 Å². The van der Waals surface area contributed by atoms with E-state index in [1.165, 1.54) is 21.3 Å². The Hall–Kier alpha value is -0.920. The van der Waals surface area contributed by atoms with E-state index < -0.39 is 10.0 Å². The maximum atomic E-state index is 12.3. The van der Waals surface area contributed by atoms with Crippen LogP contribution in [0.15, 0.2) is 17.3 Å². The second-order valence-corrected chi connectivity index (χ2v) is 5.78. The molecule has 16 heavy (non-hydrogen) atoms. The van der Waals surface area contributed by atoms with Crippen LogP contribution in [0.2, 0.25) is 0 Å². The molecule has 0 bridgehead atoms. The lowest BCUT2D eigenvalue weighted by Crippen LogP contribution is -2.40. The standard InChI is InChI=1S/C9H16N4O2S/c1-12-9(4-5-11-12)16(14,15)13-6-2-3-8(13)7-10/h4-5,8H,2-3,6-7,10H2,1H3. The highest BCUT2D eigenvalue weighted by atomic mass is 32.2. The van der Waals surface area contributed by atoms with Gasteiger partial charge in [-0.2, -0.15) is 9.40 Å². The second kappa shape index (κ2) is 4.15. The van der Waals surface area contributed by atoms with Crippen LogP contribution in [-0.4, -0.2) is 41.6 Å². The minimum atomic E-state index is -3.43. The van der Waals surface area contributed by atoms with Crippen molar-refractivity contribution in [3.63, 3.8) is 0 Å². The van der Waals surface area contributed by atoms with Gasteiger partial charge < -0.3 is 5.73 Å². The summed E-state index contributed by atoms with van der Waals surface area (Å²) in [5.74, 6) is 0. The highest BCUT2D eigenvalue weighted by molar-refractivity contribution is 7.89. The molecule has 0 aromatic carbocycles. The van der Waals surface area contributed by atoms with Gasteiger partial charge in [-0.25, -0.2) is 8.42 Å². The Morgan fingerprint density at radius 3 is 2.94 bits per heavy atom. The first kappa shape index (κ1) is 11.6. The maximum absolute atomic E-state index is 12.3. The first-order chi connectivity index (χ1) is 7.57. The van der Waals surface area contributed by atoms with E-state index in [0.29, 0.717) is 13.1 Å². The Morgan fingerprint density at radius 2 is 2.38 bits per heavy atom. The first-order valence-electron chi connectivity index (χ1n) is 5.27. The fourth-order valence-electron chi connectivity index (χ4n) is 2.10. The summed E-state index contributed by atoms with van der Waals surface area (Å²) in [5, 5.41) is 4.11. The van der Waals surface area contributed by atoms with Gasteiger partial charge in [0.15, 0.2) is 5.03 Å². The molecule has 1 atom stereocenters. The molecule has 1 fully saturated rings. The average molecular weight is 244 g/mol. The van der Waals surface area contributed by atoms with E-state index in [4.69, 9.17) is 5.73 Å². The Kier molecular flexibility index (Phi) is 3.00. The molecule has 2 rings (SSSR count). The molecule has 0 spiro atoms. The zero-order chi connectivity index (χ0) is 11.8. The summed E-state index contributed by atoms with van der Waals surface area (Å²) >= 11 is 0. The van der Waals surface area contributed by atoms with Crippen molar-refractivity contribution in [1.29, 1.82) is 0 Å². The van der Waals surface area contributed by atoms with Crippen molar-refractivity contribution >= 4 is 10.0 Å². The Labute approximate surface area is 95.1 Å². The van der Waals surface area contributed by atoms with Gasteiger partial charge in [-0.05, 0) is 18.9 Å². The maximum Gasteiger partial charge on any atom is 0.260 e. The number of sulfonamides is 1. The van der Waals surface area contributed by atoms with Gasteiger partial charge in [-0.3, -0.25) is 4.68 Å². The number of nitrogens with two attached hydrogens (primary N) is 1. The Balaban J connectivity index is 2.36. The van der Waals surface area contributed by atoms with Crippen LogP contribution < -0.4 is 5.73 Å². The molecule has 90 valence electrons. The van der Waals surface area contributed by atoms with Crippen LogP contribution in [0.3, 0.4) is 0 Å². The molecule has 7 heteroatoms. The van der Waals surface area contributed by atoms with Crippen LogP contribution in [0.25, 0.3) is 0 Å². The molecule has 6 nitrogen and oxygen atoms in total. The monoisotopic (exact) mass is 244 g/mol. The van der Waals surface area contributed by atoms with Gasteiger partial charge in [-0.15, -0.1) is 0 Å². The van der Waals surface area contributed by atoms with E-state index in [-0.39, 0.29) is 11.1 Å². The zero-order valence-corrected chi connectivity index (χ0v) is 10.0. The third-order valence-electron chi connectivity index (χ3n) is 2.94. The fraction of sp³-hybridized carbons (Fsp3) is 0.667. The van der Waals surface area contributed by atoms with Crippen LogP contribution >= 0.6 is 0 Å². The van der Waals surface area contributed by atoms with Gasteiger partial charge in [0.1, 0.15) is 0 Å². The van der Waals surface area contributed by atoms with Gasteiger partial charge in [0.25, 0.3) is 10.0 Å². The van der Waals surface area contributed by atoms with Gasteiger partial charge in [0, 0.05) is 26.2 Å². The van der Waals surface area contributed by atoms with Crippen molar-refractivity contribution in [2.24, 2.45) is 12.8 Å². The number of rotatable bonds is 3. The van der Waals surface area contributed by atoms with Crippen LogP contribution in [0, 0.1) is 0 Å². The molecule has 0 amide bonds. The normalized spacial score (nSPS) is 22.8. The van der Waals surface area contributed by atoms with Crippen LogP contribution in [0.4, 0.5) is 0 Å². The summed E-state index contributed by atoms with van der Waals surface area (Å²) < 4.78 is 27.5. The third-order valence-corrected chi connectivity index (χ3v) is 4.97. The van der Waals surface area contributed by atoms with E-state index in [2.05, 4.69) is 5.10 Å². The second-order valence-electron chi connectivity index (χ2n) is 3.94. The molecule has 1 aliphatic rings. The lowest BCUT2D eigenvalue weighted by molar-refractivity contribution is 0.388. The van der Waals surface area contributed by atoms with Gasteiger partial charge >= 0.3 is 0 Å².